The summed E-state index contributed by atoms with van der Waals surface area (Å²) < 4.78 is 6.62. The Kier molecular flexibility index (Phi) is 8.02. The number of phenolic OH excluding ortho intramolecular Hbond substituents is 1. The number of fused-ring (bicyclic) bond motifs is 3. The van der Waals surface area contributed by atoms with Gasteiger partial charge in [-0.05, 0) is 35.4 Å². The summed E-state index contributed by atoms with van der Waals surface area (Å²) in [6.45, 7) is 2.52. The molecule has 2 bridgehead atoms. The smallest absolute Gasteiger partial charge is 0.348 e. The van der Waals surface area contributed by atoms with Crippen molar-refractivity contribution in [3.8, 4) is 5.75 Å². The van der Waals surface area contributed by atoms with Gasteiger partial charge in [0, 0.05) is 24.4 Å². The fourth-order valence-electron chi connectivity index (χ4n) is 5.61. The van der Waals surface area contributed by atoms with Gasteiger partial charge < -0.3 is 41.7 Å². The molecule has 0 saturated carbocycles. The molecule has 0 radical (unpaired) electrons. The van der Waals surface area contributed by atoms with Crippen molar-refractivity contribution in [3.05, 3.63) is 96.1 Å². The maximum absolute atomic E-state index is 13.6. The van der Waals surface area contributed by atoms with Gasteiger partial charge in [-0.1, -0.05) is 60.7 Å². The molecule has 3 aliphatic heterocycles. The summed E-state index contributed by atoms with van der Waals surface area (Å²) in [5.74, 6) is -0.449. The maximum Gasteiger partial charge on any atom is 0.348 e. The van der Waals surface area contributed by atoms with E-state index in [0.29, 0.717) is 27.8 Å². The number of carbonyl (C=O) groups excluding carboxylic acids is 2. The van der Waals surface area contributed by atoms with E-state index in [1.807, 2.05) is 12.1 Å². The molecule has 1 amide bonds. The lowest BCUT2D eigenvalue weighted by Crippen LogP contribution is -3.00. The van der Waals surface area contributed by atoms with Gasteiger partial charge >= 0.3 is 5.97 Å². The predicted molar refractivity (Wildman–Crippen MR) is 135 cm³/mol. The lowest BCUT2D eigenvalue weighted by atomic mass is 9.82. The fraction of sp³-hybridized carbons (Fsp3) is 0.310. The van der Waals surface area contributed by atoms with Crippen molar-refractivity contribution in [3.63, 3.8) is 0 Å². The Morgan fingerprint density at radius 3 is 1.97 bits per heavy atom. The Morgan fingerprint density at radius 1 is 0.892 bits per heavy atom. The number of halogens is 1. The van der Waals surface area contributed by atoms with Gasteiger partial charge in [0.15, 0.2) is 12.6 Å². The Labute approximate surface area is 227 Å². The lowest BCUT2D eigenvalue weighted by molar-refractivity contribution is -0.939. The molecular formula is C29H31BrN2O5. The molecule has 3 heterocycles. The monoisotopic (exact) mass is 566 g/mol. The number of amides is 1. The first-order chi connectivity index (χ1) is 17.4. The second kappa shape index (κ2) is 11.0. The van der Waals surface area contributed by atoms with E-state index in [1.54, 1.807) is 60.7 Å². The summed E-state index contributed by atoms with van der Waals surface area (Å²) in [4.78, 5) is 26.5. The van der Waals surface area contributed by atoms with Gasteiger partial charge in [-0.25, -0.2) is 4.79 Å². The first-order valence-electron chi connectivity index (χ1n) is 12.4. The Hall–Kier alpha value is -3.20. The SMILES string of the molecule is O=C(C[N+]12CCC(CC1)C(OC(=O)C(O)(c1ccccc1)c1ccccc1)C2)Nc1ccc(O)cc1.[Br-]. The third kappa shape index (κ3) is 5.56. The number of aromatic hydroxyl groups is 1. The highest BCUT2D eigenvalue weighted by atomic mass is 79.9. The number of piperidine rings is 3. The number of phenols is 1. The molecule has 3 N–H and O–H groups in total. The average Bonchev–Trinajstić information content (AvgIpc) is 2.91. The minimum absolute atomic E-state index is 0. The number of benzene rings is 3. The number of esters is 1. The second-order valence-corrected chi connectivity index (χ2v) is 9.95. The minimum Gasteiger partial charge on any atom is -1.00 e. The summed E-state index contributed by atoms with van der Waals surface area (Å²) in [6.07, 6.45) is 1.35. The van der Waals surface area contributed by atoms with E-state index in [4.69, 9.17) is 4.74 Å². The molecule has 1 atom stereocenters. The number of anilines is 1. The second-order valence-electron chi connectivity index (χ2n) is 9.95. The van der Waals surface area contributed by atoms with Crippen LogP contribution in [0.5, 0.6) is 5.75 Å². The van der Waals surface area contributed by atoms with Gasteiger partial charge in [0.05, 0.1) is 13.1 Å². The number of nitrogens with one attached hydrogen (secondary N) is 1. The lowest BCUT2D eigenvalue weighted by Gasteiger charge is -2.51. The Morgan fingerprint density at radius 2 is 1.43 bits per heavy atom. The Balaban J connectivity index is 0.00000320. The topological polar surface area (TPSA) is 95.9 Å². The highest BCUT2D eigenvalue weighted by Crippen LogP contribution is 2.38. The van der Waals surface area contributed by atoms with Crippen LogP contribution in [0.4, 0.5) is 5.69 Å². The molecule has 3 aromatic carbocycles. The van der Waals surface area contributed by atoms with E-state index >= 15 is 0 Å². The Bertz CT molecular complexity index is 1170. The van der Waals surface area contributed by atoms with Crippen molar-refractivity contribution in [2.24, 2.45) is 5.92 Å². The zero-order chi connectivity index (χ0) is 25.2. The van der Waals surface area contributed by atoms with E-state index in [1.165, 1.54) is 12.1 Å². The van der Waals surface area contributed by atoms with Crippen LogP contribution < -0.4 is 22.3 Å². The van der Waals surface area contributed by atoms with Crippen molar-refractivity contribution >= 4 is 17.6 Å². The van der Waals surface area contributed by atoms with Crippen LogP contribution >= 0.6 is 0 Å². The summed E-state index contributed by atoms with van der Waals surface area (Å²) in [7, 11) is 0. The molecule has 7 nitrogen and oxygen atoms in total. The zero-order valence-electron chi connectivity index (χ0n) is 20.4. The number of ether oxygens (including phenoxy) is 1. The number of hydrogen-bond donors (Lipinski definition) is 3. The molecule has 194 valence electrons. The molecule has 1 unspecified atom stereocenters. The standard InChI is InChI=1S/C29H30N2O5.BrH/c32-25-13-11-24(12-14-25)30-27(33)20-31-17-15-21(16-18-31)26(19-31)36-28(34)29(35,22-7-3-1-4-8-22)23-9-5-2-6-10-23;/h1-14,21,26,35H,15-20H2,(H-,30,32,33);1H. The quantitative estimate of drug-likeness (QED) is 0.219. The molecule has 3 aliphatic rings. The molecule has 8 heteroatoms. The first-order valence-corrected chi connectivity index (χ1v) is 12.4. The molecule has 3 aromatic rings. The normalized spacial score (nSPS) is 22.5. The minimum atomic E-state index is -1.92. The number of aliphatic hydroxyl groups is 1. The number of nitrogens with zero attached hydrogens (tertiary/aromatic N) is 1. The average molecular weight is 567 g/mol. The molecule has 0 aromatic heterocycles. The number of carbonyl (C=O) groups is 2. The van der Waals surface area contributed by atoms with Crippen LogP contribution in [0.3, 0.4) is 0 Å². The van der Waals surface area contributed by atoms with Crippen molar-refractivity contribution in [1.82, 2.24) is 0 Å². The van der Waals surface area contributed by atoms with Crippen LogP contribution in [0.15, 0.2) is 84.9 Å². The van der Waals surface area contributed by atoms with Crippen LogP contribution in [0.2, 0.25) is 0 Å². The van der Waals surface area contributed by atoms with Crippen LogP contribution in [0, 0.1) is 5.92 Å². The number of hydrogen-bond acceptors (Lipinski definition) is 5. The van der Waals surface area contributed by atoms with E-state index in [2.05, 4.69) is 5.32 Å². The number of quaternary nitrogens is 1. The van der Waals surface area contributed by atoms with E-state index < -0.39 is 11.6 Å². The molecule has 37 heavy (non-hydrogen) atoms. The molecule has 0 spiro atoms. The van der Waals surface area contributed by atoms with Gasteiger partial charge in [-0.15, -0.1) is 0 Å². The predicted octanol–water partition coefficient (Wildman–Crippen LogP) is 0.423. The van der Waals surface area contributed by atoms with Gasteiger partial charge in [0.25, 0.3) is 5.91 Å². The van der Waals surface area contributed by atoms with Crippen LogP contribution in [0.1, 0.15) is 24.0 Å². The van der Waals surface area contributed by atoms with E-state index in [0.717, 1.165) is 25.9 Å². The van der Waals surface area contributed by atoms with Crippen molar-refractivity contribution in [2.75, 3.05) is 31.5 Å². The van der Waals surface area contributed by atoms with Gasteiger partial charge in [-0.2, -0.15) is 0 Å². The number of rotatable bonds is 7. The molecule has 6 rings (SSSR count). The van der Waals surface area contributed by atoms with Crippen LogP contribution in [-0.2, 0) is 19.9 Å². The van der Waals surface area contributed by atoms with Crippen LogP contribution in [0.25, 0.3) is 0 Å². The third-order valence-corrected chi connectivity index (χ3v) is 7.61. The summed E-state index contributed by atoms with van der Waals surface area (Å²) in [6, 6.07) is 24.1. The van der Waals surface area contributed by atoms with E-state index in [-0.39, 0.29) is 47.2 Å². The summed E-state index contributed by atoms with van der Waals surface area (Å²) >= 11 is 0. The van der Waals surface area contributed by atoms with E-state index in [9.17, 15) is 19.8 Å². The van der Waals surface area contributed by atoms with Crippen molar-refractivity contribution in [2.45, 2.75) is 24.5 Å². The van der Waals surface area contributed by atoms with Gasteiger partial charge in [0.1, 0.15) is 12.3 Å². The zero-order valence-corrected chi connectivity index (χ0v) is 22.0. The highest BCUT2D eigenvalue weighted by molar-refractivity contribution is 5.91. The molecular weight excluding hydrogens is 536 g/mol. The molecule has 3 fully saturated rings. The largest absolute Gasteiger partial charge is 1.00 e. The van der Waals surface area contributed by atoms with Crippen LogP contribution in [-0.4, -0.2) is 58.9 Å². The van der Waals surface area contributed by atoms with Gasteiger partial charge in [0.2, 0.25) is 5.60 Å². The summed E-state index contributed by atoms with van der Waals surface area (Å²) in [5.41, 5.74) is -0.378. The first kappa shape index (κ1) is 26.9. The highest BCUT2D eigenvalue weighted by Gasteiger charge is 2.51. The fourth-order valence-corrected chi connectivity index (χ4v) is 5.61. The molecule has 0 aliphatic carbocycles. The maximum atomic E-state index is 13.6. The van der Waals surface area contributed by atoms with Crippen molar-refractivity contribution < 1.29 is 46.0 Å². The van der Waals surface area contributed by atoms with Gasteiger partial charge in [-0.3, -0.25) is 4.79 Å². The van der Waals surface area contributed by atoms with Crippen molar-refractivity contribution in [1.29, 1.82) is 0 Å². The molecule has 3 saturated heterocycles. The third-order valence-electron chi connectivity index (χ3n) is 7.61. The summed E-state index contributed by atoms with van der Waals surface area (Å²) in [5, 5.41) is 24.1.